The Kier molecular flexibility index (Phi) is 4.58. The number of nitrogens with one attached hydrogen (secondary N) is 1. The van der Waals surface area contributed by atoms with Gasteiger partial charge in [0.1, 0.15) is 11.9 Å². The average Bonchev–Trinajstić information content (AvgIpc) is 2.40. The summed E-state index contributed by atoms with van der Waals surface area (Å²) in [5.74, 6) is 8.80. The van der Waals surface area contributed by atoms with E-state index in [-0.39, 0.29) is 6.10 Å². The Hall–Kier alpha value is -0.850. The van der Waals surface area contributed by atoms with E-state index in [2.05, 4.69) is 22.3 Å². The van der Waals surface area contributed by atoms with Crippen molar-refractivity contribution in [3.8, 4) is 0 Å². The maximum atomic E-state index is 5.68. The molecule has 2 heterocycles. The molecule has 0 bridgehead atoms. The highest BCUT2D eigenvalue weighted by atomic mass is 32.2. The molecule has 1 atom stereocenters. The first-order valence-corrected chi connectivity index (χ1v) is 7.02. The lowest BCUT2D eigenvalue weighted by molar-refractivity contribution is 0.0693. The number of hydrogen-bond donors (Lipinski definition) is 2. The van der Waals surface area contributed by atoms with Crippen molar-refractivity contribution in [2.45, 2.75) is 25.9 Å². The number of hydrogen-bond acceptors (Lipinski definition) is 6. The molecular formula is C11H18N4OS. The van der Waals surface area contributed by atoms with Gasteiger partial charge in [0.25, 0.3) is 0 Å². The molecule has 1 fully saturated rings. The lowest BCUT2D eigenvalue weighted by Crippen LogP contribution is -2.20. The van der Waals surface area contributed by atoms with E-state index >= 15 is 0 Å². The fourth-order valence-electron chi connectivity index (χ4n) is 1.76. The summed E-state index contributed by atoms with van der Waals surface area (Å²) in [7, 11) is 0. The van der Waals surface area contributed by atoms with Crippen LogP contribution in [0.3, 0.4) is 0 Å². The maximum Gasteiger partial charge on any atom is 0.160 e. The Bertz CT molecular complexity index is 368. The fourth-order valence-corrected chi connectivity index (χ4v) is 2.60. The first-order chi connectivity index (χ1) is 8.33. The number of hydrazine groups is 1. The zero-order valence-corrected chi connectivity index (χ0v) is 10.8. The molecule has 1 aliphatic rings. The van der Waals surface area contributed by atoms with Crippen LogP contribution in [0.2, 0.25) is 0 Å². The van der Waals surface area contributed by atoms with Crippen molar-refractivity contribution in [2.75, 3.05) is 23.5 Å². The molecule has 5 nitrogen and oxygen atoms in total. The minimum atomic E-state index is -0.00217. The summed E-state index contributed by atoms with van der Waals surface area (Å²) in [6.07, 6.45) is 1.99. The van der Waals surface area contributed by atoms with Crippen molar-refractivity contribution >= 4 is 17.6 Å². The molecule has 3 N–H and O–H groups in total. The summed E-state index contributed by atoms with van der Waals surface area (Å²) >= 11 is 1.87. The molecule has 0 radical (unpaired) electrons. The standard InChI is InChI=1S/C11H18N4OS/c1-2-3-8-6-10(15-12)14-11(13-8)9-7-17-5-4-16-9/h6,9H,2-5,7,12H2,1H3,(H,13,14,15). The number of ether oxygens (including phenoxy) is 1. The highest BCUT2D eigenvalue weighted by molar-refractivity contribution is 7.99. The van der Waals surface area contributed by atoms with E-state index in [0.717, 1.165) is 42.5 Å². The van der Waals surface area contributed by atoms with Crippen LogP contribution in [0.15, 0.2) is 6.07 Å². The zero-order valence-electron chi connectivity index (χ0n) is 9.98. The number of aryl methyl sites for hydroxylation is 1. The second-order valence-corrected chi connectivity index (χ2v) is 5.08. The van der Waals surface area contributed by atoms with E-state index < -0.39 is 0 Å². The van der Waals surface area contributed by atoms with Crippen molar-refractivity contribution in [1.29, 1.82) is 0 Å². The highest BCUT2D eigenvalue weighted by Gasteiger charge is 2.20. The number of nitrogens with two attached hydrogens (primary N) is 1. The molecule has 0 aliphatic carbocycles. The molecular weight excluding hydrogens is 236 g/mol. The average molecular weight is 254 g/mol. The molecule has 6 heteroatoms. The molecule has 1 unspecified atom stereocenters. The number of aromatic nitrogens is 2. The summed E-state index contributed by atoms with van der Waals surface area (Å²) in [6.45, 7) is 2.90. The summed E-state index contributed by atoms with van der Waals surface area (Å²) in [5, 5.41) is 0. The van der Waals surface area contributed by atoms with E-state index in [1.54, 1.807) is 0 Å². The molecule has 17 heavy (non-hydrogen) atoms. The van der Waals surface area contributed by atoms with Crippen LogP contribution < -0.4 is 11.3 Å². The van der Waals surface area contributed by atoms with Crippen LogP contribution in [0.5, 0.6) is 0 Å². The smallest absolute Gasteiger partial charge is 0.160 e. The summed E-state index contributed by atoms with van der Waals surface area (Å²) in [4.78, 5) is 8.92. The van der Waals surface area contributed by atoms with Gasteiger partial charge in [0, 0.05) is 23.3 Å². The minimum absolute atomic E-state index is 0.00217. The van der Waals surface area contributed by atoms with Crippen molar-refractivity contribution in [2.24, 2.45) is 5.84 Å². The number of thioether (sulfide) groups is 1. The van der Waals surface area contributed by atoms with Crippen LogP contribution in [0.1, 0.15) is 31.0 Å². The maximum absolute atomic E-state index is 5.68. The van der Waals surface area contributed by atoms with Gasteiger partial charge in [0.15, 0.2) is 5.82 Å². The van der Waals surface area contributed by atoms with E-state index in [1.165, 1.54) is 0 Å². The lowest BCUT2D eigenvalue weighted by atomic mass is 10.2. The molecule has 0 spiro atoms. The SMILES string of the molecule is CCCc1cc(NN)nc(C2CSCCO2)n1. The van der Waals surface area contributed by atoms with Crippen LogP contribution in [0.4, 0.5) is 5.82 Å². The quantitative estimate of drug-likeness (QED) is 0.627. The van der Waals surface area contributed by atoms with E-state index in [0.29, 0.717) is 5.82 Å². The molecule has 1 aromatic heterocycles. The van der Waals surface area contributed by atoms with E-state index in [9.17, 15) is 0 Å². The predicted octanol–water partition coefficient (Wildman–Crippen LogP) is 1.52. The van der Waals surface area contributed by atoms with Crippen LogP contribution in [-0.4, -0.2) is 28.1 Å². The largest absolute Gasteiger partial charge is 0.368 e. The van der Waals surface area contributed by atoms with Crippen LogP contribution >= 0.6 is 11.8 Å². The number of anilines is 1. The molecule has 1 aliphatic heterocycles. The Morgan fingerprint density at radius 1 is 1.59 bits per heavy atom. The number of nitrogen functional groups attached to an aromatic ring is 1. The second-order valence-electron chi connectivity index (χ2n) is 3.93. The minimum Gasteiger partial charge on any atom is -0.368 e. The second kappa shape index (κ2) is 6.18. The molecule has 1 saturated heterocycles. The fraction of sp³-hybridized carbons (Fsp3) is 0.636. The van der Waals surface area contributed by atoms with Crippen molar-refractivity contribution in [1.82, 2.24) is 9.97 Å². The lowest BCUT2D eigenvalue weighted by Gasteiger charge is -2.21. The van der Waals surface area contributed by atoms with Crippen LogP contribution in [0, 0.1) is 0 Å². The van der Waals surface area contributed by atoms with Crippen molar-refractivity contribution in [3.05, 3.63) is 17.6 Å². The van der Waals surface area contributed by atoms with Gasteiger partial charge < -0.3 is 10.2 Å². The van der Waals surface area contributed by atoms with Crippen LogP contribution in [0.25, 0.3) is 0 Å². The molecule has 0 amide bonds. The van der Waals surface area contributed by atoms with Gasteiger partial charge in [-0.1, -0.05) is 13.3 Å². The molecule has 0 aromatic carbocycles. The summed E-state index contributed by atoms with van der Waals surface area (Å²) < 4.78 is 5.68. The first-order valence-electron chi connectivity index (χ1n) is 5.87. The Morgan fingerprint density at radius 3 is 3.12 bits per heavy atom. The van der Waals surface area contributed by atoms with Gasteiger partial charge in [0.2, 0.25) is 0 Å². The van der Waals surface area contributed by atoms with Crippen molar-refractivity contribution < 1.29 is 4.74 Å². The Labute approximate surface area is 106 Å². The Balaban J connectivity index is 2.21. The van der Waals surface area contributed by atoms with Crippen molar-refractivity contribution in [3.63, 3.8) is 0 Å². The topological polar surface area (TPSA) is 73.1 Å². The third-order valence-electron chi connectivity index (χ3n) is 2.55. The number of rotatable bonds is 4. The van der Waals surface area contributed by atoms with Gasteiger partial charge in [0.05, 0.1) is 6.61 Å². The van der Waals surface area contributed by atoms with Gasteiger partial charge in [-0.15, -0.1) is 0 Å². The van der Waals surface area contributed by atoms with Crippen LogP contribution in [-0.2, 0) is 11.2 Å². The van der Waals surface area contributed by atoms with E-state index in [1.807, 2.05) is 17.8 Å². The molecule has 0 saturated carbocycles. The van der Waals surface area contributed by atoms with Gasteiger partial charge in [-0.2, -0.15) is 11.8 Å². The molecule has 94 valence electrons. The summed E-state index contributed by atoms with van der Waals surface area (Å²) in [6, 6.07) is 1.89. The zero-order chi connectivity index (χ0) is 12.1. The van der Waals surface area contributed by atoms with Gasteiger partial charge in [-0.3, -0.25) is 0 Å². The third-order valence-corrected chi connectivity index (χ3v) is 3.55. The summed E-state index contributed by atoms with van der Waals surface area (Å²) in [5.41, 5.74) is 3.61. The predicted molar refractivity (Wildman–Crippen MR) is 69.9 cm³/mol. The first kappa shape index (κ1) is 12.6. The molecule has 2 rings (SSSR count). The Morgan fingerprint density at radius 2 is 2.47 bits per heavy atom. The van der Waals surface area contributed by atoms with Gasteiger partial charge >= 0.3 is 0 Å². The van der Waals surface area contributed by atoms with Gasteiger partial charge in [-0.25, -0.2) is 15.8 Å². The highest BCUT2D eigenvalue weighted by Crippen LogP contribution is 2.25. The normalized spacial score (nSPS) is 20.2. The van der Waals surface area contributed by atoms with E-state index in [4.69, 9.17) is 10.6 Å². The van der Waals surface area contributed by atoms with Gasteiger partial charge in [-0.05, 0) is 6.42 Å². The monoisotopic (exact) mass is 254 g/mol. The number of nitrogens with zero attached hydrogens (tertiary/aromatic N) is 2. The third kappa shape index (κ3) is 3.31. The molecule has 1 aromatic rings.